The first-order valence-corrected chi connectivity index (χ1v) is 6.69. The summed E-state index contributed by atoms with van der Waals surface area (Å²) in [6.07, 6.45) is 0.365. The van der Waals surface area contributed by atoms with Gasteiger partial charge in [0.1, 0.15) is 0 Å². The van der Waals surface area contributed by atoms with E-state index in [1.807, 2.05) is 6.92 Å². The van der Waals surface area contributed by atoms with Crippen molar-refractivity contribution in [1.29, 1.82) is 0 Å². The number of piperazine rings is 2. The second-order valence-electron chi connectivity index (χ2n) is 5.19. The second-order valence-corrected chi connectivity index (χ2v) is 5.19. The molecule has 2 atom stereocenters. The van der Waals surface area contributed by atoms with Crippen molar-refractivity contribution in [2.45, 2.75) is 13.1 Å². The summed E-state index contributed by atoms with van der Waals surface area (Å²) in [6.45, 7) is 9.84. The molecule has 0 saturated carbocycles. The van der Waals surface area contributed by atoms with Gasteiger partial charge >= 0.3 is 0 Å². The molecule has 4 nitrogen and oxygen atoms in total. The lowest BCUT2D eigenvalue weighted by Crippen LogP contribution is -2.59. The van der Waals surface area contributed by atoms with Crippen LogP contribution in [0.3, 0.4) is 0 Å². The standard InChI is InChI=1S/C12H24FN4/c1-11(8-13)10-16-4-6-17(7-5-16)12-9-14-2-3-15-12/h11-12,14H,2-10H2,1H3/t11-,12?/m1/s1. The summed E-state index contributed by atoms with van der Waals surface area (Å²) in [5.41, 5.74) is 0. The minimum atomic E-state index is -0.206. The van der Waals surface area contributed by atoms with Gasteiger partial charge in [-0.1, -0.05) is 6.92 Å². The van der Waals surface area contributed by atoms with Crippen molar-refractivity contribution in [1.82, 2.24) is 20.4 Å². The Morgan fingerprint density at radius 3 is 2.71 bits per heavy atom. The molecule has 2 rings (SSSR count). The van der Waals surface area contributed by atoms with Crippen LogP contribution in [0.25, 0.3) is 0 Å². The van der Waals surface area contributed by atoms with Crippen LogP contribution in [-0.2, 0) is 0 Å². The first-order valence-electron chi connectivity index (χ1n) is 6.69. The van der Waals surface area contributed by atoms with Crippen LogP contribution in [0.15, 0.2) is 0 Å². The highest BCUT2D eigenvalue weighted by molar-refractivity contribution is 4.81. The third-order valence-electron chi connectivity index (χ3n) is 3.62. The zero-order valence-electron chi connectivity index (χ0n) is 10.7. The van der Waals surface area contributed by atoms with Gasteiger partial charge in [0.2, 0.25) is 0 Å². The highest BCUT2D eigenvalue weighted by Gasteiger charge is 2.25. The molecule has 2 aliphatic rings. The molecule has 0 aromatic rings. The van der Waals surface area contributed by atoms with Crippen LogP contribution in [0.4, 0.5) is 4.39 Å². The van der Waals surface area contributed by atoms with Crippen molar-refractivity contribution >= 4 is 0 Å². The average molecular weight is 243 g/mol. The average Bonchev–Trinajstić information content (AvgIpc) is 2.40. The van der Waals surface area contributed by atoms with Gasteiger partial charge in [-0.05, 0) is 5.92 Å². The minimum absolute atomic E-state index is 0.169. The molecule has 0 aliphatic carbocycles. The Balaban J connectivity index is 1.70. The van der Waals surface area contributed by atoms with E-state index in [0.29, 0.717) is 6.17 Å². The maximum atomic E-state index is 12.4. The SMILES string of the molecule is C[C@H](CF)CN1CCN(C2CNCC[N]2)CC1. The molecule has 5 heteroatoms. The van der Waals surface area contributed by atoms with E-state index in [9.17, 15) is 4.39 Å². The van der Waals surface area contributed by atoms with Gasteiger partial charge in [0.25, 0.3) is 0 Å². The predicted molar refractivity (Wildman–Crippen MR) is 66.8 cm³/mol. The molecule has 0 aromatic heterocycles. The molecule has 2 fully saturated rings. The van der Waals surface area contributed by atoms with E-state index in [1.54, 1.807) is 0 Å². The molecule has 99 valence electrons. The molecular weight excluding hydrogens is 219 g/mol. The third-order valence-corrected chi connectivity index (χ3v) is 3.62. The van der Waals surface area contributed by atoms with Gasteiger partial charge in [0.15, 0.2) is 0 Å². The number of rotatable bonds is 4. The monoisotopic (exact) mass is 243 g/mol. The normalized spacial score (nSPS) is 30.4. The minimum Gasteiger partial charge on any atom is -0.312 e. The number of halogens is 1. The van der Waals surface area contributed by atoms with Crippen LogP contribution in [0.5, 0.6) is 0 Å². The van der Waals surface area contributed by atoms with Gasteiger partial charge in [0, 0.05) is 52.4 Å². The lowest BCUT2D eigenvalue weighted by Gasteiger charge is -2.40. The first-order chi connectivity index (χ1) is 8.29. The fourth-order valence-corrected chi connectivity index (χ4v) is 2.57. The number of hydrogen-bond donors (Lipinski definition) is 1. The maximum absolute atomic E-state index is 12.4. The van der Waals surface area contributed by atoms with Gasteiger partial charge in [-0.25, -0.2) is 5.32 Å². The molecule has 2 aliphatic heterocycles. The highest BCUT2D eigenvalue weighted by atomic mass is 19.1. The number of nitrogens with zero attached hydrogens (tertiary/aromatic N) is 3. The van der Waals surface area contributed by atoms with Gasteiger partial charge in [-0.15, -0.1) is 0 Å². The molecule has 0 amide bonds. The summed E-state index contributed by atoms with van der Waals surface area (Å²) >= 11 is 0. The smallest absolute Gasteiger partial charge is 0.0932 e. The topological polar surface area (TPSA) is 32.6 Å². The van der Waals surface area contributed by atoms with Crippen molar-refractivity contribution < 1.29 is 4.39 Å². The van der Waals surface area contributed by atoms with E-state index in [-0.39, 0.29) is 12.6 Å². The van der Waals surface area contributed by atoms with E-state index in [2.05, 4.69) is 20.4 Å². The predicted octanol–water partition coefficient (Wildman–Crippen LogP) is -0.257. The quantitative estimate of drug-likeness (QED) is 0.739. The van der Waals surface area contributed by atoms with Crippen LogP contribution >= 0.6 is 0 Å². The van der Waals surface area contributed by atoms with E-state index < -0.39 is 0 Å². The Kier molecular flexibility index (Phi) is 5.16. The number of nitrogens with one attached hydrogen (secondary N) is 1. The highest BCUT2D eigenvalue weighted by Crippen LogP contribution is 2.09. The molecule has 2 heterocycles. The largest absolute Gasteiger partial charge is 0.312 e. The molecule has 1 radical (unpaired) electrons. The van der Waals surface area contributed by atoms with Crippen LogP contribution in [-0.4, -0.2) is 75.0 Å². The number of hydrogen-bond acceptors (Lipinski definition) is 3. The lowest BCUT2D eigenvalue weighted by atomic mass is 10.1. The Labute approximate surface area is 104 Å². The lowest BCUT2D eigenvalue weighted by molar-refractivity contribution is 0.0641. The van der Waals surface area contributed by atoms with Crippen molar-refractivity contribution in [2.75, 3.05) is 59.0 Å². The van der Waals surface area contributed by atoms with Gasteiger partial charge in [-0.3, -0.25) is 9.29 Å². The molecule has 2 saturated heterocycles. The first kappa shape index (κ1) is 13.2. The summed E-state index contributed by atoms with van der Waals surface area (Å²) in [5, 5.41) is 8.03. The molecule has 1 N–H and O–H groups in total. The number of alkyl halides is 1. The Bertz CT molecular complexity index is 213. The third kappa shape index (κ3) is 3.88. The van der Waals surface area contributed by atoms with Crippen molar-refractivity contribution in [3.63, 3.8) is 0 Å². The van der Waals surface area contributed by atoms with Crippen molar-refractivity contribution in [3.05, 3.63) is 0 Å². The van der Waals surface area contributed by atoms with E-state index in [4.69, 9.17) is 0 Å². The fourth-order valence-electron chi connectivity index (χ4n) is 2.57. The summed E-state index contributed by atoms with van der Waals surface area (Å²) in [4.78, 5) is 4.82. The summed E-state index contributed by atoms with van der Waals surface area (Å²) in [6, 6.07) is 0. The second kappa shape index (κ2) is 6.64. The van der Waals surface area contributed by atoms with E-state index in [0.717, 1.165) is 52.4 Å². The molecule has 1 unspecified atom stereocenters. The van der Waals surface area contributed by atoms with Gasteiger partial charge in [-0.2, -0.15) is 0 Å². The van der Waals surface area contributed by atoms with Crippen molar-refractivity contribution in [3.8, 4) is 0 Å². The van der Waals surface area contributed by atoms with Crippen LogP contribution in [0, 0.1) is 5.92 Å². The zero-order valence-corrected chi connectivity index (χ0v) is 10.7. The zero-order chi connectivity index (χ0) is 12.1. The van der Waals surface area contributed by atoms with Gasteiger partial charge in [0.05, 0.1) is 12.8 Å². The molecule has 17 heavy (non-hydrogen) atoms. The summed E-state index contributed by atoms with van der Waals surface area (Å²) in [7, 11) is 0. The van der Waals surface area contributed by atoms with E-state index >= 15 is 0 Å². The van der Waals surface area contributed by atoms with Crippen LogP contribution in [0.1, 0.15) is 6.92 Å². The Morgan fingerprint density at radius 2 is 2.12 bits per heavy atom. The Hall–Kier alpha value is -0.230. The summed E-state index contributed by atoms with van der Waals surface area (Å²) < 4.78 is 12.4. The van der Waals surface area contributed by atoms with Crippen LogP contribution < -0.4 is 10.6 Å². The maximum Gasteiger partial charge on any atom is 0.0932 e. The summed E-state index contributed by atoms with van der Waals surface area (Å²) in [5.74, 6) is 0.169. The van der Waals surface area contributed by atoms with Crippen molar-refractivity contribution in [2.24, 2.45) is 5.92 Å². The molecule has 0 bridgehead atoms. The van der Waals surface area contributed by atoms with E-state index in [1.165, 1.54) is 0 Å². The van der Waals surface area contributed by atoms with Gasteiger partial charge < -0.3 is 10.2 Å². The molecule has 0 spiro atoms. The Morgan fingerprint density at radius 1 is 1.35 bits per heavy atom. The molecular formula is C12H24FN4. The van der Waals surface area contributed by atoms with Crippen LogP contribution in [0.2, 0.25) is 0 Å². The molecule has 0 aromatic carbocycles. The fraction of sp³-hybridized carbons (Fsp3) is 1.00.